The van der Waals surface area contributed by atoms with Crippen LogP contribution in [0.1, 0.15) is 62.4 Å². The highest BCUT2D eigenvalue weighted by Crippen LogP contribution is 2.26. The Balaban J connectivity index is 2.09. The van der Waals surface area contributed by atoms with Crippen LogP contribution in [0.4, 0.5) is 5.13 Å². The highest BCUT2D eigenvalue weighted by Gasteiger charge is 2.19. The minimum atomic E-state index is -0.233. The van der Waals surface area contributed by atoms with Crippen LogP contribution in [-0.4, -0.2) is 21.1 Å². The van der Waals surface area contributed by atoms with Gasteiger partial charge in [-0.05, 0) is 12.0 Å². The molecule has 0 aliphatic carbocycles. The van der Waals surface area contributed by atoms with Crippen molar-refractivity contribution in [1.82, 2.24) is 15.2 Å². The average molecular weight is 292 g/mol. The van der Waals surface area contributed by atoms with Gasteiger partial charge in [0.1, 0.15) is 0 Å². The van der Waals surface area contributed by atoms with Crippen LogP contribution in [0.2, 0.25) is 0 Å². The molecule has 0 saturated carbocycles. The van der Waals surface area contributed by atoms with E-state index in [9.17, 15) is 4.79 Å². The lowest BCUT2D eigenvalue weighted by Gasteiger charge is -2.14. The molecule has 0 bridgehead atoms. The maximum absolute atomic E-state index is 12.1. The monoisotopic (exact) mass is 292 g/mol. The molecule has 0 aromatic carbocycles. The van der Waals surface area contributed by atoms with Gasteiger partial charge >= 0.3 is 0 Å². The van der Waals surface area contributed by atoms with Gasteiger partial charge in [0.25, 0.3) is 5.91 Å². The summed E-state index contributed by atoms with van der Waals surface area (Å²) in [7, 11) is 0. The third-order valence-electron chi connectivity index (χ3n) is 2.95. The molecular weight excluding hydrogens is 272 g/mol. The van der Waals surface area contributed by atoms with E-state index in [1.165, 1.54) is 11.3 Å². The number of hydrogen-bond donors (Lipinski definition) is 2. The highest BCUT2D eigenvalue weighted by molar-refractivity contribution is 7.14. The Morgan fingerprint density at radius 1 is 1.40 bits per heavy atom. The first-order valence-electron chi connectivity index (χ1n) is 6.60. The number of anilines is 1. The molecule has 108 valence electrons. The van der Waals surface area contributed by atoms with Crippen LogP contribution >= 0.6 is 11.3 Å². The fourth-order valence-electron chi connectivity index (χ4n) is 1.59. The number of amides is 1. The first-order chi connectivity index (χ1) is 9.27. The molecule has 2 heterocycles. The highest BCUT2D eigenvalue weighted by atomic mass is 32.1. The van der Waals surface area contributed by atoms with Crippen LogP contribution in [0.5, 0.6) is 0 Å². The van der Waals surface area contributed by atoms with Gasteiger partial charge < -0.3 is 0 Å². The van der Waals surface area contributed by atoms with E-state index in [0.717, 1.165) is 11.4 Å². The van der Waals surface area contributed by atoms with Gasteiger partial charge in [0, 0.05) is 16.5 Å². The predicted molar refractivity (Wildman–Crippen MR) is 81.4 cm³/mol. The zero-order valence-electron chi connectivity index (χ0n) is 12.4. The Hall–Kier alpha value is -1.69. The zero-order chi connectivity index (χ0) is 14.9. The summed E-state index contributed by atoms with van der Waals surface area (Å²) in [6.45, 7) is 10.4. The molecule has 1 amide bonds. The Bertz CT molecular complexity index is 607. The molecule has 2 aromatic rings. The summed E-state index contributed by atoms with van der Waals surface area (Å²) in [5, 5.41) is 12.3. The van der Waals surface area contributed by atoms with Gasteiger partial charge in [-0.1, -0.05) is 34.6 Å². The molecule has 20 heavy (non-hydrogen) atoms. The van der Waals surface area contributed by atoms with E-state index in [0.29, 0.717) is 16.7 Å². The van der Waals surface area contributed by atoms with Gasteiger partial charge in [-0.3, -0.25) is 15.2 Å². The largest absolute Gasteiger partial charge is 0.296 e. The average Bonchev–Trinajstić information content (AvgIpc) is 2.95. The van der Waals surface area contributed by atoms with Crippen LogP contribution < -0.4 is 5.32 Å². The lowest BCUT2D eigenvalue weighted by molar-refractivity contribution is 0.102. The summed E-state index contributed by atoms with van der Waals surface area (Å²) in [6, 6.07) is 1.78. The molecule has 6 heteroatoms. The number of aromatic nitrogens is 3. The molecule has 0 atom stereocenters. The van der Waals surface area contributed by atoms with Gasteiger partial charge in [0.15, 0.2) is 10.8 Å². The molecule has 0 spiro atoms. The van der Waals surface area contributed by atoms with Crippen LogP contribution in [-0.2, 0) is 5.41 Å². The van der Waals surface area contributed by atoms with E-state index in [1.807, 2.05) is 19.2 Å². The van der Waals surface area contributed by atoms with Crippen LogP contribution in [0.3, 0.4) is 0 Å². The van der Waals surface area contributed by atoms with Gasteiger partial charge in [0.2, 0.25) is 0 Å². The van der Waals surface area contributed by atoms with E-state index >= 15 is 0 Å². The molecule has 0 aliphatic heterocycles. The second-order valence-electron chi connectivity index (χ2n) is 6.11. The van der Waals surface area contributed by atoms with E-state index in [2.05, 4.69) is 41.3 Å². The minimum absolute atomic E-state index is 0.0172. The summed E-state index contributed by atoms with van der Waals surface area (Å²) in [5.74, 6) is 0.0827. The number of nitrogens with one attached hydrogen (secondary N) is 2. The zero-order valence-corrected chi connectivity index (χ0v) is 13.3. The first-order valence-corrected chi connectivity index (χ1v) is 7.48. The molecule has 2 aromatic heterocycles. The second-order valence-corrected chi connectivity index (χ2v) is 6.96. The molecule has 0 radical (unpaired) electrons. The van der Waals surface area contributed by atoms with Crippen molar-refractivity contribution >= 4 is 22.4 Å². The molecular formula is C14H20N4OS. The lowest BCUT2D eigenvalue weighted by Crippen LogP contribution is -2.14. The van der Waals surface area contributed by atoms with Crippen LogP contribution in [0, 0.1) is 0 Å². The molecule has 5 nitrogen and oxygen atoms in total. The third kappa shape index (κ3) is 3.25. The normalized spacial score (nSPS) is 11.9. The second kappa shape index (κ2) is 5.36. The summed E-state index contributed by atoms with van der Waals surface area (Å²) >= 11 is 1.43. The summed E-state index contributed by atoms with van der Waals surface area (Å²) in [5.41, 5.74) is 2.30. The number of carbonyl (C=O) groups is 1. The molecule has 0 aliphatic rings. The fraction of sp³-hybridized carbons (Fsp3) is 0.500. The molecule has 0 unspecified atom stereocenters. The van der Waals surface area contributed by atoms with Crippen molar-refractivity contribution < 1.29 is 4.79 Å². The van der Waals surface area contributed by atoms with Crippen molar-refractivity contribution in [2.75, 3.05) is 5.32 Å². The fourth-order valence-corrected chi connectivity index (χ4v) is 2.52. The van der Waals surface area contributed by atoms with Crippen molar-refractivity contribution in [2.24, 2.45) is 0 Å². The van der Waals surface area contributed by atoms with Gasteiger partial charge in [0.05, 0.1) is 5.69 Å². The van der Waals surface area contributed by atoms with Gasteiger partial charge in [-0.25, -0.2) is 4.98 Å². The van der Waals surface area contributed by atoms with E-state index < -0.39 is 0 Å². The molecule has 0 fully saturated rings. The number of hydrogen-bond acceptors (Lipinski definition) is 4. The van der Waals surface area contributed by atoms with E-state index in [1.54, 1.807) is 6.07 Å². The Morgan fingerprint density at radius 3 is 2.60 bits per heavy atom. The van der Waals surface area contributed by atoms with Crippen molar-refractivity contribution in [1.29, 1.82) is 0 Å². The SMILES string of the molecule is CC(C)c1cc(C(=O)Nc2nc(C(C)(C)C)cs2)n[nH]1. The van der Waals surface area contributed by atoms with E-state index in [4.69, 9.17) is 0 Å². The third-order valence-corrected chi connectivity index (χ3v) is 3.70. The number of nitrogens with zero attached hydrogens (tertiary/aromatic N) is 2. The Labute approximate surface area is 122 Å². The number of aromatic amines is 1. The number of carbonyl (C=O) groups excluding carboxylic acids is 1. The maximum Gasteiger partial charge on any atom is 0.277 e. The standard InChI is InChI=1S/C14H20N4OS/c1-8(2)9-6-10(18-17-9)12(19)16-13-15-11(7-20-13)14(3,4)5/h6-8H,1-5H3,(H,17,18)(H,15,16,19). The topological polar surface area (TPSA) is 70.7 Å². The predicted octanol–water partition coefficient (Wildman–Crippen LogP) is 3.54. The lowest BCUT2D eigenvalue weighted by atomic mass is 9.93. The maximum atomic E-state index is 12.1. The number of H-pyrrole nitrogens is 1. The minimum Gasteiger partial charge on any atom is -0.296 e. The van der Waals surface area contributed by atoms with Crippen molar-refractivity contribution in [3.8, 4) is 0 Å². The van der Waals surface area contributed by atoms with Gasteiger partial charge in [-0.2, -0.15) is 5.10 Å². The smallest absolute Gasteiger partial charge is 0.277 e. The number of thiazole rings is 1. The van der Waals surface area contributed by atoms with Gasteiger partial charge in [-0.15, -0.1) is 11.3 Å². The Kier molecular flexibility index (Phi) is 3.94. The van der Waals surface area contributed by atoms with Crippen LogP contribution in [0.25, 0.3) is 0 Å². The Morgan fingerprint density at radius 2 is 2.10 bits per heavy atom. The molecule has 2 N–H and O–H groups in total. The summed E-state index contributed by atoms with van der Waals surface area (Å²) in [4.78, 5) is 16.5. The molecule has 2 rings (SSSR count). The number of rotatable bonds is 3. The van der Waals surface area contributed by atoms with E-state index in [-0.39, 0.29) is 11.3 Å². The summed E-state index contributed by atoms with van der Waals surface area (Å²) in [6.07, 6.45) is 0. The first kappa shape index (κ1) is 14.7. The van der Waals surface area contributed by atoms with Crippen LogP contribution in [0.15, 0.2) is 11.4 Å². The quantitative estimate of drug-likeness (QED) is 0.909. The van der Waals surface area contributed by atoms with Crippen molar-refractivity contribution in [2.45, 2.75) is 46.0 Å². The summed E-state index contributed by atoms with van der Waals surface area (Å²) < 4.78 is 0. The van der Waals surface area contributed by atoms with Crippen molar-refractivity contribution in [3.05, 3.63) is 28.5 Å². The van der Waals surface area contributed by atoms with Crippen molar-refractivity contribution in [3.63, 3.8) is 0 Å². The molecule has 0 saturated heterocycles.